The van der Waals surface area contributed by atoms with E-state index in [4.69, 9.17) is 6.42 Å². The molecule has 1 aromatic heterocycles. The van der Waals surface area contributed by atoms with Gasteiger partial charge in [0.05, 0.1) is 5.75 Å². The van der Waals surface area contributed by atoms with Crippen LogP contribution in [-0.4, -0.2) is 20.5 Å². The van der Waals surface area contributed by atoms with Gasteiger partial charge in [-0.2, -0.15) is 0 Å². The lowest BCUT2D eigenvalue weighted by molar-refractivity contribution is 0.339. The van der Waals surface area contributed by atoms with Crippen LogP contribution >= 0.6 is 11.8 Å². The summed E-state index contributed by atoms with van der Waals surface area (Å²) in [6.07, 6.45) is 11.7. The monoisotopic (exact) mass is 297 g/mol. The van der Waals surface area contributed by atoms with Gasteiger partial charge in [0.2, 0.25) is 0 Å². The van der Waals surface area contributed by atoms with Crippen molar-refractivity contribution in [3.63, 3.8) is 0 Å². The molecule has 1 saturated carbocycles. The van der Waals surface area contributed by atoms with Gasteiger partial charge in [-0.1, -0.05) is 67.3 Å². The quantitative estimate of drug-likeness (QED) is 0.626. The fraction of sp³-hybridized carbons (Fsp3) is 0.412. The first kappa shape index (κ1) is 14.2. The van der Waals surface area contributed by atoms with Crippen LogP contribution in [-0.2, 0) is 0 Å². The highest BCUT2D eigenvalue weighted by molar-refractivity contribution is 7.99. The zero-order valence-electron chi connectivity index (χ0n) is 12.0. The SMILES string of the molecule is C#CCSc1nnc(-c2ccccc2)n1C1CCCCC1. The van der Waals surface area contributed by atoms with Crippen LogP contribution < -0.4 is 0 Å². The summed E-state index contributed by atoms with van der Waals surface area (Å²) in [5, 5.41) is 9.78. The molecule has 0 atom stereocenters. The highest BCUT2D eigenvalue weighted by Gasteiger charge is 2.23. The maximum absolute atomic E-state index is 5.39. The second-order valence-corrected chi connectivity index (χ2v) is 6.27. The number of rotatable bonds is 4. The smallest absolute Gasteiger partial charge is 0.192 e. The van der Waals surface area contributed by atoms with Crippen molar-refractivity contribution < 1.29 is 0 Å². The third-order valence-electron chi connectivity index (χ3n) is 3.92. The van der Waals surface area contributed by atoms with Gasteiger partial charge < -0.3 is 0 Å². The maximum Gasteiger partial charge on any atom is 0.192 e. The fourth-order valence-corrected chi connectivity index (χ4v) is 3.62. The Bertz CT molecular complexity index is 621. The molecule has 0 spiro atoms. The van der Waals surface area contributed by atoms with Crippen molar-refractivity contribution in [2.75, 3.05) is 5.75 Å². The normalized spacial score (nSPS) is 15.8. The lowest BCUT2D eigenvalue weighted by Crippen LogP contribution is -2.15. The molecule has 0 radical (unpaired) electrons. The maximum atomic E-state index is 5.39. The van der Waals surface area contributed by atoms with E-state index < -0.39 is 0 Å². The van der Waals surface area contributed by atoms with Gasteiger partial charge >= 0.3 is 0 Å². The largest absolute Gasteiger partial charge is 0.299 e. The Morgan fingerprint density at radius 1 is 1.14 bits per heavy atom. The van der Waals surface area contributed by atoms with E-state index in [0.29, 0.717) is 11.8 Å². The summed E-state index contributed by atoms with van der Waals surface area (Å²) < 4.78 is 2.32. The van der Waals surface area contributed by atoms with Crippen LogP contribution in [0.5, 0.6) is 0 Å². The van der Waals surface area contributed by atoms with Gasteiger partial charge in [0.25, 0.3) is 0 Å². The molecule has 0 N–H and O–H groups in total. The molecule has 1 aromatic carbocycles. The van der Waals surface area contributed by atoms with Gasteiger partial charge in [-0.3, -0.25) is 4.57 Å². The molecule has 0 bridgehead atoms. The second-order valence-electron chi connectivity index (χ2n) is 5.33. The van der Waals surface area contributed by atoms with Crippen molar-refractivity contribution in [3.8, 4) is 23.7 Å². The van der Waals surface area contributed by atoms with E-state index >= 15 is 0 Å². The standard InChI is InChI=1S/C17H19N3S/c1-2-13-21-17-19-18-16(14-9-5-3-6-10-14)20(17)15-11-7-4-8-12-15/h1,3,5-6,9-10,15H,4,7-8,11-13H2. The summed E-state index contributed by atoms with van der Waals surface area (Å²) in [5.74, 6) is 4.29. The number of thioether (sulfide) groups is 1. The molecule has 0 saturated heterocycles. The lowest BCUT2D eigenvalue weighted by Gasteiger charge is -2.25. The Hall–Kier alpha value is -1.73. The molecule has 2 aromatic rings. The highest BCUT2D eigenvalue weighted by atomic mass is 32.2. The molecular weight excluding hydrogens is 278 g/mol. The number of nitrogens with zero attached hydrogens (tertiary/aromatic N) is 3. The third kappa shape index (κ3) is 3.14. The molecule has 1 heterocycles. The van der Waals surface area contributed by atoms with E-state index in [9.17, 15) is 0 Å². The molecule has 0 unspecified atom stereocenters. The number of aromatic nitrogens is 3. The molecule has 1 aliphatic rings. The molecule has 21 heavy (non-hydrogen) atoms. The zero-order chi connectivity index (χ0) is 14.5. The molecule has 1 fully saturated rings. The minimum Gasteiger partial charge on any atom is -0.299 e. The average molecular weight is 297 g/mol. The van der Waals surface area contributed by atoms with Gasteiger partial charge in [-0.15, -0.1) is 16.6 Å². The minimum absolute atomic E-state index is 0.504. The predicted octanol–water partition coefficient (Wildman–Crippen LogP) is 4.18. The molecule has 0 aliphatic heterocycles. The van der Waals surface area contributed by atoms with Crippen LogP contribution in [0, 0.1) is 12.3 Å². The Morgan fingerprint density at radius 2 is 1.90 bits per heavy atom. The Kier molecular flexibility index (Phi) is 4.62. The number of hydrogen-bond acceptors (Lipinski definition) is 3. The van der Waals surface area contributed by atoms with Gasteiger partial charge in [0, 0.05) is 11.6 Å². The van der Waals surface area contributed by atoms with Crippen molar-refractivity contribution in [2.24, 2.45) is 0 Å². The van der Waals surface area contributed by atoms with Crippen molar-refractivity contribution in [1.82, 2.24) is 14.8 Å². The van der Waals surface area contributed by atoms with E-state index in [1.165, 1.54) is 32.1 Å². The molecule has 1 aliphatic carbocycles. The van der Waals surface area contributed by atoms with Crippen molar-refractivity contribution in [1.29, 1.82) is 0 Å². The molecule has 0 amide bonds. The predicted molar refractivity (Wildman–Crippen MR) is 87.1 cm³/mol. The van der Waals surface area contributed by atoms with E-state index in [2.05, 4.69) is 32.8 Å². The Labute approximate surface area is 130 Å². The van der Waals surface area contributed by atoms with Crippen LogP contribution in [0.4, 0.5) is 0 Å². The van der Waals surface area contributed by atoms with E-state index in [1.807, 2.05) is 18.2 Å². The molecule has 3 rings (SSSR count). The summed E-state index contributed by atoms with van der Waals surface area (Å²) in [4.78, 5) is 0. The third-order valence-corrected chi connectivity index (χ3v) is 4.77. The summed E-state index contributed by atoms with van der Waals surface area (Å²) >= 11 is 1.61. The van der Waals surface area contributed by atoms with Gasteiger partial charge in [-0.05, 0) is 12.8 Å². The van der Waals surface area contributed by atoms with Crippen LogP contribution in [0.1, 0.15) is 38.1 Å². The van der Waals surface area contributed by atoms with E-state index in [-0.39, 0.29) is 0 Å². The first-order chi connectivity index (χ1) is 10.4. The van der Waals surface area contributed by atoms with Crippen LogP contribution in [0.15, 0.2) is 35.5 Å². The molecule has 4 heteroatoms. The van der Waals surface area contributed by atoms with Crippen LogP contribution in [0.25, 0.3) is 11.4 Å². The second kappa shape index (κ2) is 6.82. The topological polar surface area (TPSA) is 30.7 Å². The molecule has 3 nitrogen and oxygen atoms in total. The number of hydrogen-bond donors (Lipinski definition) is 0. The Morgan fingerprint density at radius 3 is 2.62 bits per heavy atom. The summed E-state index contributed by atoms with van der Waals surface area (Å²) in [6, 6.07) is 10.8. The van der Waals surface area contributed by atoms with Crippen LogP contribution in [0.3, 0.4) is 0 Å². The highest BCUT2D eigenvalue weighted by Crippen LogP contribution is 2.35. The zero-order valence-corrected chi connectivity index (χ0v) is 12.9. The number of terminal acetylenes is 1. The van der Waals surface area contributed by atoms with Crippen molar-refractivity contribution >= 4 is 11.8 Å². The minimum atomic E-state index is 0.504. The Balaban J connectivity index is 1.99. The van der Waals surface area contributed by atoms with E-state index in [1.54, 1.807) is 11.8 Å². The van der Waals surface area contributed by atoms with E-state index in [0.717, 1.165) is 16.5 Å². The molecular formula is C17H19N3S. The summed E-state index contributed by atoms with van der Waals surface area (Å²) in [7, 11) is 0. The lowest BCUT2D eigenvalue weighted by atomic mass is 9.95. The van der Waals surface area contributed by atoms with Crippen molar-refractivity contribution in [3.05, 3.63) is 30.3 Å². The average Bonchev–Trinajstić information content (AvgIpc) is 2.98. The first-order valence-electron chi connectivity index (χ1n) is 7.46. The van der Waals surface area contributed by atoms with Gasteiger partial charge in [-0.25, -0.2) is 0 Å². The van der Waals surface area contributed by atoms with Gasteiger partial charge in [0.1, 0.15) is 0 Å². The number of benzene rings is 1. The van der Waals surface area contributed by atoms with Gasteiger partial charge in [0.15, 0.2) is 11.0 Å². The summed E-state index contributed by atoms with van der Waals surface area (Å²) in [6.45, 7) is 0. The van der Waals surface area contributed by atoms with Crippen LogP contribution in [0.2, 0.25) is 0 Å². The first-order valence-corrected chi connectivity index (χ1v) is 8.45. The summed E-state index contributed by atoms with van der Waals surface area (Å²) in [5.41, 5.74) is 1.13. The molecule has 108 valence electrons. The van der Waals surface area contributed by atoms with Crippen molar-refractivity contribution in [2.45, 2.75) is 43.3 Å². The fourth-order valence-electron chi connectivity index (χ4n) is 2.93.